The first-order valence-corrected chi connectivity index (χ1v) is 7.15. The van der Waals surface area contributed by atoms with E-state index in [2.05, 4.69) is 16.7 Å². The molecule has 1 amide bonds. The van der Waals surface area contributed by atoms with Crippen molar-refractivity contribution in [3.63, 3.8) is 0 Å². The molecule has 1 aliphatic heterocycles. The van der Waals surface area contributed by atoms with Gasteiger partial charge in [0.25, 0.3) is 0 Å². The van der Waals surface area contributed by atoms with Crippen LogP contribution in [-0.2, 0) is 17.8 Å². The van der Waals surface area contributed by atoms with Crippen molar-refractivity contribution in [2.45, 2.75) is 52.2 Å². The zero-order chi connectivity index (χ0) is 14.8. The maximum Gasteiger partial charge on any atom is 0.237 e. The lowest BCUT2D eigenvalue weighted by atomic mass is 10.1. The van der Waals surface area contributed by atoms with Gasteiger partial charge in [0.15, 0.2) is 0 Å². The first-order valence-electron chi connectivity index (χ1n) is 7.15. The van der Waals surface area contributed by atoms with E-state index >= 15 is 0 Å². The highest BCUT2D eigenvalue weighted by Crippen LogP contribution is 2.25. The number of amides is 1. The number of carbonyl (C=O) groups excluding carboxylic acids is 1. The Balaban J connectivity index is 1.87. The average molecular weight is 276 g/mol. The lowest BCUT2D eigenvalue weighted by Gasteiger charge is -2.23. The second kappa shape index (κ2) is 5.83. The minimum atomic E-state index is -0.210. The third kappa shape index (κ3) is 3.97. The fourth-order valence-corrected chi connectivity index (χ4v) is 2.19. The van der Waals surface area contributed by atoms with Gasteiger partial charge in [0.05, 0.1) is 12.6 Å². The van der Waals surface area contributed by atoms with Gasteiger partial charge in [-0.25, -0.2) is 0 Å². The molecule has 110 valence electrons. The molecule has 1 atom stereocenters. The quantitative estimate of drug-likeness (QED) is 0.884. The third-order valence-electron chi connectivity index (χ3n) is 3.26. The molecule has 2 N–H and O–H groups in total. The highest BCUT2D eigenvalue weighted by atomic mass is 16.5. The Morgan fingerprint density at radius 2 is 2.15 bits per heavy atom. The molecule has 0 fully saturated rings. The van der Waals surface area contributed by atoms with Crippen molar-refractivity contribution in [3.8, 4) is 5.75 Å². The maximum atomic E-state index is 12.0. The fourth-order valence-electron chi connectivity index (χ4n) is 2.19. The van der Waals surface area contributed by atoms with E-state index < -0.39 is 0 Å². The van der Waals surface area contributed by atoms with Gasteiger partial charge in [-0.05, 0) is 44.9 Å². The molecule has 20 heavy (non-hydrogen) atoms. The van der Waals surface area contributed by atoms with Gasteiger partial charge in [0.1, 0.15) is 5.75 Å². The molecule has 4 heteroatoms. The lowest BCUT2D eigenvalue weighted by Crippen LogP contribution is -2.49. The van der Waals surface area contributed by atoms with E-state index in [1.54, 1.807) is 0 Å². The molecular weight excluding hydrogens is 252 g/mol. The normalized spacial score (nSPS) is 15.4. The predicted molar refractivity (Wildman–Crippen MR) is 79.8 cm³/mol. The van der Waals surface area contributed by atoms with Gasteiger partial charge < -0.3 is 15.4 Å². The lowest BCUT2D eigenvalue weighted by molar-refractivity contribution is -0.124. The number of rotatable bonds is 4. The van der Waals surface area contributed by atoms with Gasteiger partial charge in [0.2, 0.25) is 5.91 Å². The van der Waals surface area contributed by atoms with Crippen molar-refractivity contribution in [3.05, 3.63) is 29.3 Å². The van der Waals surface area contributed by atoms with Crippen LogP contribution in [0.2, 0.25) is 0 Å². The van der Waals surface area contributed by atoms with Gasteiger partial charge in [0, 0.05) is 18.5 Å². The Hall–Kier alpha value is -1.55. The van der Waals surface area contributed by atoms with Crippen LogP contribution in [0.4, 0.5) is 0 Å². The summed E-state index contributed by atoms with van der Waals surface area (Å²) in [5, 5.41) is 6.23. The van der Waals surface area contributed by atoms with Crippen LogP contribution < -0.4 is 15.4 Å². The molecule has 1 aliphatic rings. The zero-order valence-corrected chi connectivity index (χ0v) is 12.7. The number of benzene rings is 1. The smallest absolute Gasteiger partial charge is 0.237 e. The molecule has 1 aromatic rings. The van der Waals surface area contributed by atoms with Crippen molar-refractivity contribution in [2.24, 2.45) is 0 Å². The predicted octanol–water partition coefficient (Wildman–Crippen LogP) is 2.01. The Bertz CT molecular complexity index is 492. The fraction of sp³-hybridized carbons (Fsp3) is 0.562. The summed E-state index contributed by atoms with van der Waals surface area (Å²) in [6, 6.07) is 6.01. The van der Waals surface area contributed by atoms with Crippen LogP contribution in [0.15, 0.2) is 18.2 Å². The van der Waals surface area contributed by atoms with E-state index in [4.69, 9.17) is 4.74 Å². The van der Waals surface area contributed by atoms with E-state index in [0.717, 1.165) is 18.8 Å². The summed E-state index contributed by atoms with van der Waals surface area (Å²) >= 11 is 0. The largest absolute Gasteiger partial charge is 0.493 e. The summed E-state index contributed by atoms with van der Waals surface area (Å²) in [5.41, 5.74) is 2.25. The average Bonchev–Trinajstić information content (AvgIpc) is 2.81. The zero-order valence-electron chi connectivity index (χ0n) is 12.7. The Morgan fingerprint density at radius 1 is 1.40 bits per heavy atom. The molecule has 0 saturated carbocycles. The molecule has 4 nitrogen and oxygen atoms in total. The maximum absolute atomic E-state index is 12.0. The number of fused-ring (bicyclic) bond motifs is 1. The molecule has 1 heterocycles. The Kier molecular flexibility index (Phi) is 4.33. The molecule has 0 spiro atoms. The van der Waals surface area contributed by atoms with Gasteiger partial charge in [-0.2, -0.15) is 0 Å². The summed E-state index contributed by atoms with van der Waals surface area (Å²) in [6.45, 7) is 9.30. The van der Waals surface area contributed by atoms with Gasteiger partial charge >= 0.3 is 0 Å². The van der Waals surface area contributed by atoms with Gasteiger partial charge in [-0.3, -0.25) is 4.79 Å². The summed E-state index contributed by atoms with van der Waals surface area (Å²) in [5.74, 6) is 1.02. The molecule has 2 rings (SSSR count). The number of hydrogen-bond donors (Lipinski definition) is 2. The SMILES string of the molecule is CC(NCc1ccc2c(c1)CCO2)C(=O)NC(C)(C)C. The number of carbonyl (C=O) groups is 1. The minimum absolute atomic E-state index is 0.0296. The molecule has 0 aliphatic carbocycles. The first-order chi connectivity index (χ1) is 9.35. The van der Waals surface area contributed by atoms with Crippen molar-refractivity contribution in [1.29, 1.82) is 0 Å². The van der Waals surface area contributed by atoms with Crippen LogP contribution in [0, 0.1) is 0 Å². The molecule has 0 saturated heterocycles. The van der Waals surface area contributed by atoms with E-state index in [1.807, 2.05) is 39.8 Å². The summed E-state index contributed by atoms with van der Waals surface area (Å²) in [4.78, 5) is 12.0. The van der Waals surface area contributed by atoms with E-state index in [0.29, 0.717) is 6.54 Å². The monoisotopic (exact) mass is 276 g/mol. The van der Waals surface area contributed by atoms with Crippen LogP contribution >= 0.6 is 0 Å². The topological polar surface area (TPSA) is 50.4 Å². The summed E-state index contributed by atoms with van der Waals surface area (Å²) in [6.07, 6.45) is 0.975. The van der Waals surface area contributed by atoms with Crippen LogP contribution in [0.5, 0.6) is 5.75 Å². The van der Waals surface area contributed by atoms with Crippen LogP contribution in [0.25, 0.3) is 0 Å². The van der Waals surface area contributed by atoms with Gasteiger partial charge in [-0.1, -0.05) is 12.1 Å². The Morgan fingerprint density at radius 3 is 2.85 bits per heavy atom. The molecule has 1 aromatic carbocycles. The van der Waals surface area contributed by atoms with Gasteiger partial charge in [-0.15, -0.1) is 0 Å². The number of hydrogen-bond acceptors (Lipinski definition) is 3. The molecular formula is C16H24N2O2. The highest BCUT2D eigenvalue weighted by molar-refractivity contribution is 5.81. The van der Waals surface area contributed by atoms with Crippen LogP contribution in [0.3, 0.4) is 0 Å². The Labute approximate surface area is 120 Å². The number of nitrogens with one attached hydrogen (secondary N) is 2. The standard InChI is InChI=1S/C16H24N2O2/c1-11(15(19)18-16(2,3)4)17-10-12-5-6-14-13(9-12)7-8-20-14/h5-6,9,11,17H,7-8,10H2,1-4H3,(H,18,19). The molecule has 0 aromatic heterocycles. The highest BCUT2D eigenvalue weighted by Gasteiger charge is 2.19. The van der Waals surface area contributed by atoms with Crippen molar-refractivity contribution < 1.29 is 9.53 Å². The van der Waals surface area contributed by atoms with Crippen molar-refractivity contribution in [1.82, 2.24) is 10.6 Å². The second-order valence-electron chi connectivity index (χ2n) is 6.38. The first kappa shape index (κ1) is 14.9. The van der Waals surface area contributed by atoms with Crippen molar-refractivity contribution >= 4 is 5.91 Å². The summed E-state index contributed by atoms with van der Waals surface area (Å²) < 4.78 is 5.49. The summed E-state index contributed by atoms with van der Waals surface area (Å²) in [7, 11) is 0. The van der Waals surface area contributed by atoms with Crippen molar-refractivity contribution in [2.75, 3.05) is 6.61 Å². The van der Waals surface area contributed by atoms with E-state index in [1.165, 1.54) is 11.1 Å². The molecule has 0 radical (unpaired) electrons. The number of ether oxygens (including phenoxy) is 1. The minimum Gasteiger partial charge on any atom is -0.493 e. The molecule has 0 bridgehead atoms. The van der Waals surface area contributed by atoms with Crippen LogP contribution in [0.1, 0.15) is 38.8 Å². The molecule has 1 unspecified atom stereocenters. The van der Waals surface area contributed by atoms with E-state index in [9.17, 15) is 4.79 Å². The second-order valence-corrected chi connectivity index (χ2v) is 6.38. The van der Waals surface area contributed by atoms with E-state index in [-0.39, 0.29) is 17.5 Å². The third-order valence-corrected chi connectivity index (χ3v) is 3.26. The van der Waals surface area contributed by atoms with Crippen LogP contribution in [-0.4, -0.2) is 24.1 Å².